The zero-order chi connectivity index (χ0) is 8.43. The Morgan fingerprint density at radius 1 is 1.27 bits per heavy atom. The molecule has 1 saturated heterocycles. The van der Waals surface area contributed by atoms with E-state index in [4.69, 9.17) is 25.2 Å². The summed E-state index contributed by atoms with van der Waals surface area (Å²) >= 11 is 0. The van der Waals surface area contributed by atoms with Gasteiger partial charge in [-0.25, -0.2) is 0 Å². The molecule has 4 atom stereocenters. The van der Waals surface area contributed by atoms with Gasteiger partial charge in [-0.2, -0.15) is 0 Å². The summed E-state index contributed by atoms with van der Waals surface area (Å²) in [5.41, 5.74) is 0. The van der Waals surface area contributed by atoms with Crippen LogP contribution in [0.25, 0.3) is 0 Å². The molecule has 1 aliphatic heterocycles. The number of rotatable bonds is 1. The predicted octanol–water partition coefficient (Wildman–Crippen LogP) is -2.19. The molecule has 1 fully saturated rings. The fourth-order valence-corrected chi connectivity index (χ4v) is 1.05. The molecule has 0 radical (unpaired) electrons. The summed E-state index contributed by atoms with van der Waals surface area (Å²) in [5.74, 6) is 0. The molecule has 1 rings (SSSR count). The molecule has 0 aromatic heterocycles. The van der Waals surface area contributed by atoms with Crippen LogP contribution in [-0.2, 0) is 4.74 Å². The van der Waals surface area contributed by atoms with E-state index < -0.39 is 24.6 Å². The SMILES string of the molecule is OCC1CC(O)[C@@H](O)[C@@H](O)O1. The molecule has 5 nitrogen and oxygen atoms in total. The van der Waals surface area contributed by atoms with Crippen LogP contribution in [0, 0.1) is 0 Å². The molecule has 0 aromatic carbocycles. The van der Waals surface area contributed by atoms with Gasteiger partial charge in [-0.3, -0.25) is 0 Å². The van der Waals surface area contributed by atoms with Crippen molar-refractivity contribution in [3.63, 3.8) is 0 Å². The van der Waals surface area contributed by atoms with E-state index in [9.17, 15) is 0 Å². The second-order valence-corrected chi connectivity index (χ2v) is 2.62. The Kier molecular flexibility index (Phi) is 2.80. The van der Waals surface area contributed by atoms with Crippen LogP contribution in [0.3, 0.4) is 0 Å². The van der Waals surface area contributed by atoms with Crippen LogP contribution in [0.1, 0.15) is 6.42 Å². The molecule has 5 heteroatoms. The molecule has 0 aliphatic carbocycles. The van der Waals surface area contributed by atoms with Gasteiger partial charge in [-0.1, -0.05) is 0 Å². The van der Waals surface area contributed by atoms with Crippen LogP contribution in [0.4, 0.5) is 0 Å². The number of ether oxygens (including phenoxy) is 1. The van der Waals surface area contributed by atoms with E-state index in [0.717, 1.165) is 0 Å². The minimum Gasteiger partial charge on any atom is -0.394 e. The summed E-state index contributed by atoms with van der Waals surface area (Å²) in [4.78, 5) is 0. The molecule has 4 N–H and O–H groups in total. The third kappa shape index (κ3) is 1.88. The lowest BCUT2D eigenvalue weighted by Gasteiger charge is -2.33. The normalized spacial score (nSPS) is 45.8. The number of hydrogen-bond acceptors (Lipinski definition) is 5. The lowest BCUT2D eigenvalue weighted by atomic mass is 10.0. The van der Waals surface area contributed by atoms with Crippen LogP contribution in [-0.4, -0.2) is 51.6 Å². The second-order valence-electron chi connectivity index (χ2n) is 2.62. The largest absolute Gasteiger partial charge is 0.394 e. The van der Waals surface area contributed by atoms with E-state index >= 15 is 0 Å². The maximum atomic E-state index is 9.05. The highest BCUT2D eigenvalue weighted by atomic mass is 16.6. The van der Waals surface area contributed by atoms with Crippen molar-refractivity contribution in [2.75, 3.05) is 6.61 Å². The number of aliphatic hydroxyl groups excluding tert-OH is 4. The van der Waals surface area contributed by atoms with E-state index in [0.29, 0.717) is 0 Å². The maximum Gasteiger partial charge on any atom is 0.183 e. The molecule has 0 saturated carbocycles. The molecule has 0 spiro atoms. The minimum atomic E-state index is -1.39. The Morgan fingerprint density at radius 3 is 2.36 bits per heavy atom. The van der Waals surface area contributed by atoms with Crippen LogP contribution in [0.15, 0.2) is 0 Å². The van der Waals surface area contributed by atoms with Gasteiger partial charge >= 0.3 is 0 Å². The lowest BCUT2D eigenvalue weighted by Crippen LogP contribution is -2.49. The summed E-state index contributed by atoms with van der Waals surface area (Å²) in [6.07, 6.45) is -4.11. The van der Waals surface area contributed by atoms with Gasteiger partial charge in [0.05, 0.1) is 18.8 Å². The van der Waals surface area contributed by atoms with Crippen molar-refractivity contribution < 1.29 is 25.2 Å². The Hall–Kier alpha value is -0.200. The van der Waals surface area contributed by atoms with Gasteiger partial charge in [0.15, 0.2) is 6.29 Å². The van der Waals surface area contributed by atoms with Gasteiger partial charge in [0.1, 0.15) is 6.10 Å². The average Bonchev–Trinajstić information content (AvgIpc) is 1.99. The van der Waals surface area contributed by atoms with Crippen molar-refractivity contribution in [2.45, 2.75) is 31.0 Å². The minimum absolute atomic E-state index is 0.148. The average molecular weight is 164 g/mol. The predicted molar refractivity (Wildman–Crippen MR) is 34.6 cm³/mol. The fourth-order valence-electron chi connectivity index (χ4n) is 1.05. The molecule has 0 aromatic rings. The van der Waals surface area contributed by atoms with Crippen molar-refractivity contribution in [1.29, 1.82) is 0 Å². The Labute approximate surface area is 63.8 Å². The lowest BCUT2D eigenvalue weighted by molar-refractivity contribution is -0.251. The van der Waals surface area contributed by atoms with E-state index in [1.807, 2.05) is 0 Å². The van der Waals surface area contributed by atoms with E-state index in [1.54, 1.807) is 0 Å². The fraction of sp³-hybridized carbons (Fsp3) is 1.00. The zero-order valence-electron chi connectivity index (χ0n) is 5.92. The smallest absolute Gasteiger partial charge is 0.183 e. The molecular weight excluding hydrogens is 152 g/mol. The number of aliphatic hydroxyl groups is 4. The zero-order valence-corrected chi connectivity index (χ0v) is 5.92. The summed E-state index contributed by atoms with van der Waals surface area (Å²) in [6, 6.07) is 0. The highest BCUT2D eigenvalue weighted by Crippen LogP contribution is 2.17. The maximum absolute atomic E-state index is 9.05. The number of hydrogen-bond donors (Lipinski definition) is 4. The van der Waals surface area contributed by atoms with Gasteiger partial charge in [0, 0.05) is 6.42 Å². The Balaban J connectivity index is 2.47. The van der Waals surface area contributed by atoms with Crippen LogP contribution in [0.5, 0.6) is 0 Å². The van der Waals surface area contributed by atoms with Crippen molar-refractivity contribution in [3.05, 3.63) is 0 Å². The van der Waals surface area contributed by atoms with E-state index in [2.05, 4.69) is 0 Å². The summed E-state index contributed by atoms with van der Waals surface area (Å²) < 4.78 is 4.71. The van der Waals surface area contributed by atoms with Gasteiger partial charge in [-0.15, -0.1) is 0 Å². The molecule has 1 heterocycles. The van der Waals surface area contributed by atoms with Crippen LogP contribution >= 0.6 is 0 Å². The highest BCUT2D eigenvalue weighted by Gasteiger charge is 2.34. The summed E-state index contributed by atoms with van der Waals surface area (Å²) in [7, 11) is 0. The third-order valence-corrected chi connectivity index (χ3v) is 1.73. The summed E-state index contributed by atoms with van der Waals surface area (Å²) in [5, 5.41) is 35.5. The quantitative estimate of drug-likeness (QED) is 0.353. The van der Waals surface area contributed by atoms with Crippen LogP contribution < -0.4 is 0 Å². The second kappa shape index (κ2) is 3.46. The van der Waals surface area contributed by atoms with Crippen molar-refractivity contribution in [1.82, 2.24) is 0 Å². The monoisotopic (exact) mass is 164 g/mol. The van der Waals surface area contributed by atoms with Gasteiger partial charge in [0.2, 0.25) is 0 Å². The first kappa shape index (κ1) is 8.89. The van der Waals surface area contributed by atoms with Crippen LogP contribution in [0.2, 0.25) is 0 Å². The van der Waals surface area contributed by atoms with E-state index in [-0.39, 0.29) is 13.0 Å². The Bertz CT molecular complexity index is 116. The highest BCUT2D eigenvalue weighted by molar-refractivity contribution is 4.79. The van der Waals surface area contributed by atoms with Crippen molar-refractivity contribution in [3.8, 4) is 0 Å². The first-order valence-electron chi connectivity index (χ1n) is 3.45. The standard InChI is InChI=1S/C6H12O5/c7-2-3-1-4(8)5(9)6(10)11-3/h3-10H,1-2H2/t3?,4?,5-,6+/m1/s1. The summed E-state index contributed by atoms with van der Waals surface area (Å²) in [6.45, 7) is -0.263. The molecule has 1 aliphatic rings. The molecule has 0 amide bonds. The first-order valence-corrected chi connectivity index (χ1v) is 3.45. The van der Waals surface area contributed by atoms with E-state index in [1.165, 1.54) is 0 Å². The first-order chi connectivity index (χ1) is 5.15. The molecule has 66 valence electrons. The molecule has 2 unspecified atom stereocenters. The van der Waals surface area contributed by atoms with Gasteiger partial charge in [0.25, 0.3) is 0 Å². The van der Waals surface area contributed by atoms with Crippen molar-refractivity contribution >= 4 is 0 Å². The molecular formula is C6H12O5. The molecule has 11 heavy (non-hydrogen) atoms. The topological polar surface area (TPSA) is 90.2 Å². The molecule has 0 bridgehead atoms. The van der Waals surface area contributed by atoms with Crippen molar-refractivity contribution in [2.24, 2.45) is 0 Å². The third-order valence-electron chi connectivity index (χ3n) is 1.73. The van der Waals surface area contributed by atoms with Gasteiger partial charge in [-0.05, 0) is 0 Å². The van der Waals surface area contributed by atoms with Gasteiger partial charge < -0.3 is 25.2 Å². The Morgan fingerprint density at radius 2 is 1.91 bits per heavy atom.